The Morgan fingerprint density at radius 2 is 1.56 bits per heavy atom. The lowest BCUT2D eigenvalue weighted by Crippen LogP contribution is -2.48. The van der Waals surface area contributed by atoms with Gasteiger partial charge in [-0.2, -0.15) is 0 Å². The molecule has 1 amide bonds. The zero-order valence-electron chi connectivity index (χ0n) is 15.5. The van der Waals surface area contributed by atoms with Gasteiger partial charge >= 0.3 is 0 Å². The fraction of sp³-hybridized carbons (Fsp3) is 0.350. The first-order valence-electron chi connectivity index (χ1n) is 8.97. The molecule has 2 aromatic rings. The number of hydrogen-bond donors (Lipinski definition) is 0. The van der Waals surface area contributed by atoms with Crippen LogP contribution in [0, 0.1) is 0 Å². The fourth-order valence-electron chi connectivity index (χ4n) is 3.29. The van der Waals surface area contributed by atoms with Crippen LogP contribution in [0.15, 0.2) is 54.6 Å². The SMILES string of the molecule is C[C@@H](C(=O)N1CCCC1)N(c1ccc(Oc2ccccc2)cc1)S(C)(=O)=O. The van der Waals surface area contributed by atoms with Crippen molar-refractivity contribution in [3.05, 3.63) is 54.6 Å². The molecule has 0 aromatic heterocycles. The number of amides is 1. The second-order valence-corrected chi connectivity index (χ2v) is 8.54. The van der Waals surface area contributed by atoms with E-state index in [2.05, 4.69) is 0 Å². The Morgan fingerprint density at radius 1 is 1.00 bits per heavy atom. The molecule has 2 aromatic carbocycles. The number of para-hydroxylation sites is 1. The van der Waals surface area contributed by atoms with Crippen LogP contribution < -0.4 is 9.04 Å². The van der Waals surface area contributed by atoms with E-state index in [9.17, 15) is 13.2 Å². The van der Waals surface area contributed by atoms with E-state index in [0.717, 1.165) is 19.1 Å². The van der Waals surface area contributed by atoms with Crippen molar-refractivity contribution in [3.63, 3.8) is 0 Å². The van der Waals surface area contributed by atoms with Crippen LogP contribution in [0.2, 0.25) is 0 Å². The summed E-state index contributed by atoms with van der Waals surface area (Å²) < 4.78 is 31.7. The molecule has 0 N–H and O–H groups in total. The van der Waals surface area contributed by atoms with Crippen molar-refractivity contribution in [2.24, 2.45) is 0 Å². The van der Waals surface area contributed by atoms with Gasteiger partial charge in [0.1, 0.15) is 17.5 Å². The average molecular weight is 388 g/mol. The van der Waals surface area contributed by atoms with Crippen LogP contribution in [0.4, 0.5) is 5.69 Å². The highest BCUT2D eigenvalue weighted by Crippen LogP contribution is 2.27. The summed E-state index contributed by atoms with van der Waals surface area (Å²) >= 11 is 0. The minimum Gasteiger partial charge on any atom is -0.457 e. The average Bonchev–Trinajstić information content (AvgIpc) is 3.17. The lowest BCUT2D eigenvalue weighted by atomic mass is 10.2. The minimum atomic E-state index is -3.62. The lowest BCUT2D eigenvalue weighted by molar-refractivity contribution is -0.130. The van der Waals surface area contributed by atoms with Gasteiger partial charge in [0.25, 0.3) is 0 Å². The van der Waals surface area contributed by atoms with Gasteiger partial charge in [-0.15, -0.1) is 0 Å². The third-order valence-electron chi connectivity index (χ3n) is 4.55. The highest BCUT2D eigenvalue weighted by atomic mass is 32.2. The van der Waals surface area contributed by atoms with Gasteiger partial charge in [0.05, 0.1) is 11.9 Å². The largest absolute Gasteiger partial charge is 0.457 e. The van der Waals surface area contributed by atoms with Crippen LogP contribution in [-0.2, 0) is 14.8 Å². The molecule has 0 bridgehead atoms. The molecular weight excluding hydrogens is 364 g/mol. The highest BCUT2D eigenvalue weighted by Gasteiger charge is 2.32. The molecule has 3 rings (SSSR count). The van der Waals surface area contributed by atoms with E-state index in [-0.39, 0.29) is 5.91 Å². The molecule has 1 aliphatic rings. The number of hydrogen-bond acceptors (Lipinski definition) is 4. The zero-order chi connectivity index (χ0) is 19.4. The Labute approximate surface area is 160 Å². The second kappa shape index (κ2) is 8.00. The van der Waals surface area contributed by atoms with Crippen molar-refractivity contribution in [3.8, 4) is 11.5 Å². The van der Waals surface area contributed by atoms with Crippen molar-refractivity contribution >= 4 is 21.6 Å². The van der Waals surface area contributed by atoms with Gasteiger partial charge in [0.15, 0.2) is 0 Å². The maximum atomic E-state index is 12.7. The van der Waals surface area contributed by atoms with Crippen molar-refractivity contribution in [2.45, 2.75) is 25.8 Å². The minimum absolute atomic E-state index is 0.164. The molecule has 1 heterocycles. The van der Waals surface area contributed by atoms with Crippen LogP contribution in [0.25, 0.3) is 0 Å². The summed E-state index contributed by atoms with van der Waals surface area (Å²) in [6.45, 7) is 3.01. The van der Waals surface area contributed by atoms with E-state index < -0.39 is 16.1 Å². The second-order valence-electron chi connectivity index (χ2n) is 6.68. The molecule has 0 spiro atoms. The Bertz CT molecular complexity index is 876. The quantitative estimate of drug-likeness (QED) is 0.762. The monoisotopic (exact) mass is 388 g/mol. The summed E-state index contributed by atoms with van der Waals surface area (Å²) in [7, 11) is -3.62. The van der Waals surface area contributed by atoms with Crippen molar-refractivity contribution in [2.75, 3.05) is 23.7 Å². The van der Waals surface area contributed by atoms with Crippen LogP contribution in [0.3, 0.4) is 0 Å². The molecule has 0 aliphatic carbocycles. The van der Waals surface area contributed by atoms with Gasteiger partial charge in [0.2, 0.25) is 15.9 Å². The number of nitrogens with zero attached hydrogens (tertiary/aromatic N) is 2. The molecule has 0 saturated carbocycles. The first kappa shape index (κ1) is 19.2. The molecule has 1 saturated heterocycles. The molecule has 6 nitrogen and oxygen atoms in total. The number of benzene rings is 2. The number of carbonyl (C=O) groups excluding carboxylic acids is 1. The molecule has 1 fully saturated rings. The van der Waals surface area contributed by atoms with E-state index in [4.69, 9.17) is 4.74 Å². The summed E-state index contributed by atoms with van der Waals surface area (Å²) in [6.07, 6.45) is 3.04. The molecular formula is C20H24N2O4S. The van der Waals surface area contributed by atoms with Crippen molar-refractivity contribution < 1.29 is 17.9 Å². The van der Waals surface area contributed by atoms with Crippen LogP contribution in [-0.4, -0.2) is 44.6 Å². The number of likely N-dealkylation sites (tertiary alicyclic amines) is 1. The predicted molar refractivity (Wildman–Crippen MR) is 106 cm³/mol. The van der Waals surface area contributed by atoms with E-state index in [1.54, 1.807) is 36.1 Å². The zero-order valence-corrected chi connectivity index (χ0v) is 16.4. The maximum absolute atomic E-state index is 12.7. The van der Waals surface area contributed by atoms with Crippen molar-refractivity contribution in [1.29, 1.82) is 0 Å². The summed E-state index contributed by atoms with van der Waals surface area (Å²) in [4.78, 5) is 14.4. The van der Waals surface area contributed by atoms with Gasteiger partial charge in [0, 0.05) is 13.1 Å². The molecule has 144 valence electrons. The Kier molecular flexibility index (Phi) is 5.70. The van der Waals surface area contributed by atoms with Crippen LogP contribution >= 0.6 is 0 Å². The van der Waals surface area contributed by atoms with Gasteiger partial charge < -0.3 is 9.64 Å². The smallest absolute Gasteiger partial charge is 0.246 e. The lowest BCUT2D eigenvalue weighted by Gasteiger charge is -2.31. The predicted octanol–water partition coefficient (Wildman–Crippen LogP) is 3.26. The molecule has 27 heavy (non-hydrogen) atoms. The first-order chi connectivity index (χ1) is 12.9. The molecule has 0 unspecified atom stereocenters. The Balaban J connectivity index is 1.82. The summed E-state index contributed by atoms with van der Waals surface area (Å²) in [6, 6.07) is 15.3. The topological polar surface area (TPSA) is 66.9 Å². The van der Waals surface area contributed by atoms with Crippen LogP contribution in [0.5, 0.6) is 11.5 Å². The molecule has 1 aliphatic heterocycles. The maximum Gasteiger partial charge on any atom is 0.246 e. The number of anilines is 1. The normalized spacial score (nSPS) is 15.4. The van der Waals surface area contributed by atoms with E-state index in [1.165, 1.54) is 4.31 Å². The number of ether oxygens (including phenoxy) is 1. The summed E-state index contributed by atoms with van der Waals surface area (Å²) in [5.74, 6) is 1.13. The van der Waals surface area contributed by atoms with Gasteiger partial charge in [-0.1, -0.05) is 18.2 Å². The summed E-state index contributed by atoms with van der Waals surface area (Å²) in [5, 5.41) is 0. The van der Waals surface area contributed by atoms with E-state index in [0.29, 0.717) is 30.3 Å². The molecule has 0 radical (unpaired) electrons. The van der Waals surface area contributed by atoms with E-state index >= 15 is 0 Å². The fourth-order valence-corrected chi connectivity index (χ4v) is 4.46. The van der Waals surface area contributed by atoms with Crippen molar-refractivity contribution in [1.82, 2.24) is 4.90 Å². The third kappa shape index (κ3) is 4.60. The molecule has 1 atom stereocenters. The van der Waals surface area contributed by atoms with E-state index in [1.807, 2.05) is 30.3 Å². The summed E-state index contributed by atoms with van der Waals surface area (Å²) in [5.41, 5.74) is 0.443. The number of rotatable bonds is 6. The van der Waals surface area contributed by atoms with Gasteiger partial charge in [-0.05, 0) is 56.2 Å². The Hall–Kier alpha value is -2.54. The highest BCUT2D eigenvalue weighted by molar-refractivity contribution is 7.92. The van der Waals surface area contributed by atoms with Gasteiger partial charge in [-0.3, -0.25) is 9.10 Å². The molecule has 7 heteroatoms. The van der Waals surface area contributed by atoms with Crippen LogP contribution in [0.1, 0.15) is 19.8 Å². The standard InChI is InChI=1S/C20H24N2O4S/c1-16(20(23)21-14-6-7-15-21)22(27(2,24)25)17-10-12-19(13-11-17)26-18-8-4-3-5-9-18/h3-5,8-13,16H,6-7,14-15H2,1-2H3/t16-/m0/s1. The van der Waals surface area contributed by atoms with Gasteiger partial charge in [-0.25, -0.2) is 8.42 Å². The first-order valence-corrected chi connectivity index (χ1v) is 10.8. The number of sulfonamides is 1. The third-order valence-corrected chi connectivity index (χ3v) is 5.80. The number of carbonyl (C=O) groups is 1. The Morgan fingerprint density at radius 3 is 2.11 bits per heavy atom.